The molecule has 1 aliphatic heterocycles. The van der Waals surface area contributed by atoms with E-state index in [1.54, 1.807) is 0 Å². The van der Waals surface area contributed by atoms with Crippen LogP contribution in [0.25, 0.3) is 11.2 Å². The van der Waals surface area contributed by atoms with Crippen molar-refractivity contribution in [1.29, 1.82) is 0 Å². The first-order valence-electron chi connectivity index (χ1n) is 10.2. The summed E-state index contributed by atoms with van der Waals surface area (Å²) >= 11 is 0. The zero-order valence-corrected chi connectivity index (χ0v) is 16.9. The van der Waals surface area contributed by atoms with Crippen molar-refractivity contribution in [3.63, 3.8) is 0 Å². The van der Waals surface area contributed by atoms with Crippen LogP contribution in [0.3, 0.4) is 0 Å². The summed E-state index contributed by atoms with van der Waals surface area (Å²) in [5.41, 5.74) is 11.8. The molecule has 1 saturated heterocycles. The van der Waals surface area contributed by atoms with Gasteiger partial charge in [-0.05, 0) is 41.8 Å². The van der Waals surface area contributed by atoms with E-state index in [0.29, 0.717) is 23.9 Å². The van der Waals surface area contributed by atoms with Gasteiger partial charge < -0.3 is 16.0 Å². The molecule has 0 amide bonds. The van der Waals surface area contributed by atoms with E-state index in [0.717, 1.165) is 42.8 Å². The number of anilines is 2. The lowest BCUT2D eigenvalue weighted by molar-refractivity contribution is 0.484. The summed E-state index contributed by atoms with van der Waals surface area (Å²) in [4.78, 5) is 6.64. The zero-order valence-electron chi connectivity index (χ0n) is 16.9. The zero-order chi connectivity index (χ0) is 20.5. The lowest BCUT2D eigenvalue weighted by atomic mass is 10.1. The molecule has 4 heterocycles. The number of nitrogen functional groups attached to an aromatic ring is 1. The maximum absolute atomic E-state index is 5.91. The van der Waals surface area contributed by atoms with Gasteiger partial charge in [-0.2, -0.15) is 15.4 Å². The van der Waals surface area contributed by atoms with E-state index in [1.165, 1.54) is 11.3 Å². The minimum absolute atomic E-state index is 0.442. The number of nitrogens with zero attached hydrogens (tertiary/aromatic N) is 6. The van der Waals surface area contributed by atoms with Gasteiger partial charge in [-0.3, -0.25) is 4.68 Å². The third-order valence-corrected chi connectivity index (χ3v) is 5.46. The Hall–Kier alpha value is -3.46. The summed E-state index contributed by atoms with van der Waals surface area (Å²) in [6.07, 6.45) is 4.64. The maximum atomic E-state index is 5.91. The molecule has 1 aliphatic rings. The molecule has 4 N–H and O–H groups in total. The fourth-order valence-corrected chi connectivity index (χ4v) is 4.06. The molecule has 1 fully saturated rings. The van der Waals surface area contributed by atoms with E-state index in [2.05, 4.69) is 73.1 Å². The van der Waals surface area contributed by atoms with Crippen molar-refractivity contribution in [3.8, 4) is 0 Å². The molecule has 9 heteroatoms. The number of hydrogen-bond acceptors (Lipinski definition) is 7. The van der Waals surface area contributed by atoms with Gasteiger partial charge in [-0.15, -0.1) is 5.10 Å². The van der Waals surface area contributed by atoms with Gasteiger partial charge in [0.25, 0.3) is 0 Å². The lowest BCUT2D eigenvalue weighted by Gasteiger charge is -2.33. The van der Waals surface area contributed by atoms with E-state index in [1.807, 2.05) is 16.9 Å². The molecular weight excluding hydrogens is 378 g/mol. The first kappa shape index (κ1) is 18.6. The number of aromatic nitrogens is 6. The highest BCUT2D eigenvalue weighted by atomic mass is 15.3. The van der Waals surface area contributed by atoms with Crippen LogP contribution in [0, 0.1) is 0 Å². The lowest BCUT2D eigenvalue weighted by Crippen LogP contribution is -2.49. The highest BCUT2D eigenvalue weighted by Gasteiger charge is 2.16. The van der Waals surface area contributed by atoms with Gasteiger partial charge in [-0.1, -0.05) is 12.1 Å². The van der Waals surface area contributed by atoms with Crippen LogP contribution in [0.2, 0.25) is 0 Å². The highest BCUT2D eigenvalue weighted by molar-refractivity contribution is 5.76. The van der Waals surface area contributed by atoms with Crippen LogP contribution >= 0.6 is 0 Å². The topological polar surface area (TPSA) is 114 Å². The third kappa shape index (κ3) is 3.84. The van der Waals surface area contributed by atoms with Crippen molar-refractivity contribution >= 4 is 22.7 Å². The summed E-state index contributed by atoms with van der Waals surface area (Å²) in [5, 5.41) is 18.9. The van der Waals surface area contributed by atoms with Crippen molar-refractivity contribution in [2.24, 2.45) is 0 Å². The number of pyridine rings is 1. The molecule has 3 aromatic heterocycles. The maximum Gasteiger partial charge on any atom is 0.203 e. The molecule has 0 radical (unpaired) electrons. The Morgan fingerprint density at radius 2 is 2.13 bits per heavy atom. The van der Waals surface area contributed by atoms with Crippen molar-refractivity contribution in [2.45, 2.75) is 25.9 Å². The van der Waals surface area contributed by atoms with Crippen LogP contribution < -0.4 is 16.0 Å². The van der Waals surface area contributed by atoms with Gasteiger partial charge in [-0.25, -0.2) is 4.98 Å². The highest BCUT2D eigenvalue weighted by Crippen LogP contribution is 2.20. The number of nitrogens with one attached hydrogen (secondary N) is 2. The van der Waals surface area contributed by atoms with Crippen molar-refractivity contribution in [3.05, 3.63) is 59.4 Å². The summed E-state index contributed by atoms with van der Waals surface area (Å²) in [6, 6.07) is 11.1. The average molecular weight is 403 g/mol. The van der Waals surface area contributed by atoms with Gasteiger partial charge in [0.1, 0.15) is 11.3 Å². The second kappa shape index (κ2) is 7.75. The van der Waals surface area contributed by atoms with Gasteiger partial charge in [0.2, 0.25) is 5.65 Å². The van der Waals surface area contributed by atoms with Crippen LogP contribution in [-0.2, 0) is 13.0 Å². The minimum atomic E-state index is 0.442. The van der Waals surface area contributed by atoms with E-state index in [4.69, 9.17) is 5.73 Å². The molecule has 1 aromatic carbocycles. The third-order valence-electron chi connectivity index (χ3n) is 5.46. The van der Waals surface area contributed by atoms with Crippen LogP contribution in [0.4, 0.5) is 11.5 Å². The Morgan fingerprint density at radius 3 is 3.03 bits per heavy atom. The predicted molar refractivity (Wildman–Crippen MR) is 116 cm³/mol. The minimum Gasteiger partial charge on any atom is -0.384 e. The van der Waals surface area contributed by atoms with E-state index in [-0.39, 0.29) is 0 Å². The van der Waals surface area contributed by atoms with Crippen LogP contribution in [0.15, 0.2) is 42.7 Å². The van der Waals surface area contributed by atoms with Crippen molar-refractivity contribution in [1.82, 2.24) is 35.5 Å². The standard InChI is InChI=1S/C21H25N9/c1-14-11-29(6-5-23-14)18-4-2-3-15(8-18)12-30-13-16(10-24-30)7-17-9-19(22)25-21-20(17)26-28-27-21/h2-4,8-10,13-14,23H,5-7,11-12H2,1H3,(H3,22,25,26,27,28). The normalized spacial score (nSPS) is 17.0. The molecule has 4 aromatic rings. The fraction of sp³-hybridized carbons (Fsp3) is 0.333. The number of fused-ring (bicyclic) bond motifs is 1. The van der Waals surface area contributed by atoms with Gasteiger partial charge in [0, 0.05) is 44.0 Å². The molecule has 1 unspecified atom stereocenters. The average Bonchev–Trinajstić information content (AvgIpc) is 3.37. The SMILES string of the molecule is CC1CN(c2cccc(Cn3cc(Cc4cc(N)nc5n[nH]nc45)cn3)c2)CCN1. The second-order valence-electron chi connectivity index (χ2n) is 7.90. The molecule has 0 aliphatic carbocycles. The van der Waals surface area contributed by atoms with E-state index < -0.39 is 0 Å². The molecule has 0 saturated carbocycles. The van der Waals surface area contributed by atoms with Crippen LogP contribution in [0.5, 0.6) is 0 Å². The van der Waals surface area contributed by atoms with Crippen molar-refractivity contribution < 1.29 is 0 Å². The quantitative estimate of drug-likeness (QED) is 0.463. The summed E-state index contributed by atoms with van der Waals surface area (Å²) in [7, 11) is 0. The second-order valence-corrected chi connectivity index (χ2v) is 7.90. The van der Waals surface area contributed by atoms with Crippen molar-refractivity contribution in [2.75, 3.05) is 30.3 Å². The summed E-state index contributed by atoms with van der Waals surface area (Å²) in [6.45, 7) is 6.04. The van der Waals surface area contributed by atoms with Gasteiger partial charge in [0.05, 0.1) is 12.7 Å². The Labute approximate surface area is 174 Å². The van der Waals surface area contributed by atoms with Gasteiger partial charge >= 0.3 is 0 Å². The molecule has 30 heavy (non-hydrogen) atoms. The Kier molecular flexibility index (Phi) is 4.80. The molecule has 9 nitrogen and oxygen atoms in total. The molecule has 154 valence electrons. The smallest absolute Gasteiger partial charge is 0.203 e. The number of benzene rings is 1. The van der Waals surface area contributed by atoms with E-state index >= 15 is 0 Å². The first-order chi connectivity index (χ1) is 14.6. The monoisotopic (exact) mass is 403 g/mol. The predicted octanol–water partition coefficient (Wildman–Crippen LogP) is 1.57. The van der Waals surface area contributed by atoms with Crippen LogP contribution in [-0.4, -0.2) is 55.9 Å². The van der Waals surface area contributed by atoms with Crippen LogP contribution in [0.1, 0.15) is 23.6 Å². The number of hydrogen-bond donors (Lipinski definition) is 3. The molecule has 0 bridgehead atoms. The number of aromatic amines is 1. The molecular formula is C21H25N9. The largest absolute Gasteiger partial charge is 0.384 e. The van der Waals surface area contributed by atoms with Gasteiger partial charge in [0.15, 0.2) is 0 Å². The number of rotatable bonds is 5. The Balaban J connectivity index is 1.31. The molecule has 5 rings (SSSR count). The Bertz CT molecular complexity index is 1160. The molecule has 0 spiro atoms. The molecule has 1 atom stereocenters. The fourth-order valence-electron chi connectivity index (χ4n) is 4.06. The summed E-state index contributed by atoms with van der Waals surface area (Å²) < 4.78 is 1.97. The van der Waals surface area contributed by atoms with E-state index in [9.17, 15) is 0 Å². The first-order valence-corrected chi connectivity index (χ1v) is 10.2. The summed E-state index contributed by atoms with van der Waals surface area (Å²) in [5.74, 6) is 0.442. The number of piperazine rings is 1. The number of nitrogens with two attached hydrogens (primary N) is 1. The number of H-pyrrole nitrogens is 1. The Morgan fingerprint density at radius 1 is 1.20 bits per heavy atom.